The number of alkyl carbamates (subject to hydrolysis) is 1. The van der Waals surface area contributed by atoms with Crippen LogP contribution < -0.4 is 10.6 Å². The summed E-state index contributed by atoms with van der Waals surface area (Å²) in [6, 6.07) is 14.9. The van der Waals surface area contributed by atoms with Gasteiger partial charge in [0.15, 0.2) is 0 Å². The van der Waals surface area contributed by atoms with Gasteiger partial charge in [-0.15, -0.1) is 0 Å². The summed E-state index contributed by atoms with van der Waals surface area (Å²) in [7, 11) is 0. The highest BCUT2D eigenvalue weighted by molar-refractivity contribution is 5.86. The molecule has 1 aliphatic rings. The van der Waals surface area contributed by atoms with Crippen molar-refractivity contribution in [2.75, 3.05) is 6.61 Å². The van der Waals surface area contributed by atoms with Crippen LogP contribution in [0, 0.1) is 5.92 Å². The van der Waals surface area contributed by atoms with Crippen LogP contribution in [0.1, 0.15) is 69.9 Å². The molecule has 3 N–H and O–H groups in total. The van der Waals surface area contributed by atoms with Gasteiger partial charge >= 0.3 is 12.1 Å². The van der Waals surface area contributed by atoms with Gasteiger partial charge in [-0.2, -0.15) is 0 Å². The lowest BCUT2D eigenvalue weighted by Gasteiger charge is -2.24. The molecule has 2 aromatic rings. The molecule has 0 aromatic heterocycles. The molecule has 0 saturated heterocycles. The summed E-state index contributed by atoms with van der Waals surface area (Å²) in [4.78, 5) is 37.0. The number of rotatable bonds is 12. The maximum Gasteiger partial charge on any atom is 0.407 e. The number of benzene rings is 2. The normalized spacial score (nSPS) is 14.1. The zero-order valence-corrected chi connectivity index (χ0v) is 20.8. The van der Waals surface area contributed by atoms with E-state index in [1.807, 2.05) is 45.0 Å². The maximum atomic E-state index is 13.0. The van der Waals surface area contributed by atoms with Crippen LogP contribution in [0.3, 0.4) is 0 Å². The summed E-state index contributed by atoms with van der Waals surface area (Å²) in [5, 5.41) is 14.7. The Hall–Kier alpha value is -3.35. The Balaban J connectivity index is 1.64. The summed E-state index contributed by atoms with van der Waals surface area (Å²) < 4.78 is 5.61. The SMILES string of the molecule is CCCC[C@H](CC(=O)O)NC(=O)C(CC(C)C)NC(=O)OCC1c2ccccc2-c2ccccc21. The lowest BCUT2D eigenvalue weighted by Crippen LogP contribution is -2.50. The summed E-state index contributed by atoms with van der Waals surface area (Å²) >= 11 is 0. The average Bonchev–Trinajstić information content (AvgIpc) is 3.14. The predicted molar refractivity (Wildman–Crippen MR) is 135 cm³/mol. The minimum atomic E-state index is -0.962. The monoisotopic (exact) mass is 480 g/mol. The maximum absolute atomic E-state index is 13.0. The van der Waals surface area contributed by atoms with Gasteiger partial charge in [-0.3, -0.25) is 9.59 Å². The molecule has 35 heavy (non-hydrogen) atoms. The number of fused-ring (bicyclic) bond motifs is 3. The van der Waals surface area contributed by atoms with Crippen molar-refractivity contribution in [3.05, 3.63) is 59.7 Å². The van der Waals surface area contributed by atoms with E-state index < -0.39 is 24.1 Å². The topological polar surface area (TPSA) is 105 Å². The molecule has 0 aliphatic heterocycles. The molecule has 1 aliphatic carbocycles. The molecule has 0 spiro atoms. The second-order valence-corrected chi connectivity index (χ2v) is 9.60. The van der Waals surface area contributed by atoms with E-state index in [0.717, 1.165) is 35.1 Å². The van der Waals surface area contributed by atoms with Crippen LogP contribution in [0.4, 0.5) is 4.79 Å². The van der Waals surface area contributed by atoms with E-state index in [2.05, 4.69) is 34.9 Å². The van der Waals surface area contributed by atoms with Crippen molar-refractivity contribution in [2.45, 2.75) is 70.9 Å². The zero-order valence-electron chi connectivity index (χ0n) is 20.8. The molecule has 0 fully saturated rings. The number of carbonyl (C=O) groups excluding carboxylic acids is 2. The largest absolute Gasteiger partial charge is 0.481 e. The Labute approximate surface area is 207 Å². The fourth-order valence-corrected chi connectivity index (χ4v) is 4.67. The molecule has 0 bridgehead atoms. The third-order valence-electron chi connectivity index (χ3n) is 6.33. The number of hydrogen-bond donors (Lipinski definition) is 3. The van der Waals surface area contributed by atoms with E-state index in [0.29, 0.717) is 12.8 Å². The number of hydrogen-bond acceptors (Lipinski definition) is 4. The first-order chi connectivity index (χ1) is 16.8. The minimum absolute atomic E-state index is 0.0699. The highest BCUT2D eigenvalue weighted by Gasteiger charge is 2.30. The molecule has 0 saturated carbocycles. The summed E-state index contributed by atoms with van der Waals surface area (Å²) in [6.07, 6.45) is 1.91. The lowest BCUT2D eigenvalue weighted by atomic mass is 9.98. The molecular formula is C28H36N2O5. The van der Waals surface area contributed by atoms with Gasteiger partial charge in [0.25, 0.3) is 0 Å². The van der Waals surface area contributed by atoms with Crippen LogP contribution >= 0.6 is 0 Å². The van der Waals surface area contributed by atoms with Gasteiger partial charge in [0.1, 0.15) is 12.6 Å². The second kappa shape index (κ2) is 12.4. The Bertz CT molecular complexity index is 990. The molecule has 188 valence electrons. The molecule has 3 rings (SSSR count). The van der Waals surface area contributed by atoms with Crippen LogP contribution in [0.25, 0.3) is 11.1 Å². The van der Waals surface area contributed by atoms with E-state index >= 15 is 0 Å². The molecule has 2 amide bonds. The van der Waals surface area contributed by atoms with Crippen molar-refractivity contribution in [2.24, 2.45) is 5.92 Å². The van der Waals surface area contributed by atoms with Gasteiger partial charge < -0.3 is 20.5 Å². The number of unbranched alkanes of at least 4 members (excludes halogenated alkanes) is 1. The number of carboxylic acids is 1. The highest BCUT2D eigenvalue weighted by Crippen LogP contribution is 2.44. The van der Waals surface area contributed by atoms with Gasteiger partial charge in [0.05, 0.1) is 6.42 Å². The zero-order chi connectivity index (χ0) is 25.4. The van der Waals surface area contributed by atoms with Crippen LogP contribution in [-0.2, 0) is 14.3 Å². The van der Waals surface area contributed by atoms with E-state index in [-0.39, 0.29) is 30.8 Å². The van der Waals surface area contributed by atoms with E-state index in [4.69, 9.17) is 4.74 Å². The fourth-order valence-electron chi connectivity index (χ4n) is 4.67. The van der Waals surface area contributed by atoms with E-state index in [1.165, 1.54) is 0 Å². The van der Waals surface area contributed by atoms with Crippen LogP contribution in [-0.4, -0.2) is 41.8 Å². The van der Waals surface area contributed by atoms with Crippen molar-refractivity contribution in [3.63, 3.8) is 0 Å². The van der Waals surface area contributed by atoms with Gasteiger partial charge in [0, 0.05) is 12.0 Å². The summed E-state index contributed by atoms with van der Waals surface area (Å²) in [5.41, 5.74) is 4.52. The van der Waals surface area contributed by atoms with Crippen molar-refractivity contribution >= 4 is 18.0 Å². The molecule has 1 unspecified atom stereocenters. The first-order valence-corrected chi connectivity index (χ1v) is 12.4. The van der Waals surface area contributed by atoms with Crippen LogP contribution in [0.5, 0.6) is 0 Å². The van der Waals surface area contributed by atoms with Crippen molar-refractivity contribution < 1.29 is 24.2 Å². The van der Waals surface area contributed by atoms with Gasteiger partial charge in [0.2, 0.25) is 5.91 Å². The van der Waals surface area contributed by atoms with Crippen LogP contribution in [0.15, 0.2) is 48.5 Å². The van der Waals surface area contributed by atoms with E-state index in [1.54, 1.807) is 0 Å². The van der Waals surface area contributed by atoms with Gasteiger partial charge in [-0.05, 0) is 41.0 Å². The fraction of sp³-hybridized carbons (Fsp3) is 0.464. The predicted octanol–water partition coefficient (Wildman–Crippen LogP) is 5.09. The first kappa shape index (κ1) is 26.3. The number of carbonyl (C=O) groups is 3. The number of ether oxygens (including phenoxy) is 1. The van der Waals surface area contributed by atoms with Crippen molar-refractivity contribution in [1.29, 1.82) is 0 Å². The van der Waals surface area contributed by atoms with E-state index in [9.17, 15) is 19.5 Å². The Kier molecular flexibility index (Phi) is 9.29. The smallest absolute Gasteiger partial charge is 0.407 e. The van der Waals surface area contributed by atoms with Gasteiger partial charge in [-0.1, -0.05) is 82.1 Å². The number of carboxylic acid groups (broad SMARTS) is 1. The molecule has 0 heterocycles. The number of amides is 2. The summed E-state index contributed by atoms with van der Waals surface area (Å²) in [5.74, 6) is -1.27. The van der Waals surface area contributed by atoms with Crippen molar-refractivity contribution in [1.82, 2.24) is 10.6 Å². The second-order valence-electron chi connectivity index (χ2n) is 9.60. The average molecular weight is 481 g/mol. The lowest BCUT2D eigenvalue weighted by molar-refractivity contribution is -0.137. The highest BCUT2D eigenvalue weighted by atomic mass is 16.5. The van der Waals surface area contributed by atoms with Crippen LogP contribution in [0.2, 0.25) is 0 Å². The molecule has 2 aromatic carbocycles. The van der Waals surface area contributed by atoms with Gasteiger partial charge in [-0.25, -0.2) is 4.79 Å². The Morgan fingerprint density at radius 1 is 0.971 bits per heavy atom. The summed E-state index contributed by atoms with van der Waals surface area (Å²) in [6.45, 7) is 6.10. The number of aliphatic carboxylic acids is 1. The minimum Gasteiger partial charge on any atom is -0.481 e. The third-order valence-corrected chi connectivity index (χ3v) is 6.33. The standard InChI is InChI=1S/C28H36N2O5/c1-4-5-10-19(16-26(31)32)29-27(33)25(15-18(2)3)30-28(34)35-17-24-22-13-8-6-11-20(22)21-12-7-9-14-23(21)24/h6-9,11-14,18-19,24-25H,4-5,10,15-17H2,1-3H3,(H,29,33)(H,30,34)(H,31,32)/t19-,25?/m1/s1. The first-order valence-electron chi connectivity index (χ1n) is 12.4. The van der Waals surface area contributed by atoms with Crippen molar-refractivity contribution in [3.8, 4) is 11.1 Å². The molecule has 7 heteroatoms. The molecular weight excluding hydrogens is 444 g/mol. The molecule has 2 atom stereocenters. The molecule has 0 radical (unpaired) electrons. The quantitative estimate of drug-likeness (QED) is 0.392. The Morgan fingerprint density at radius 3 is 2.11 bits per heavy atom. The molecule has 7 nitrogen and oxygen atoms in total. The third kappa shape index (κ3) is 7.07. The Morgan fingerprint density at radius 2 is 1.57 bits per heavy atom. The number of nitrogens with one attached hydrogen (secondary N) is 2.